The molecule has 2 amide bonds. The van der Waals surface area contributed by atoms with Gasteiger partial charge >= 0.3 is 0 Å². The van der Waals surface area contributed by atoms with E-state index < -0.39 is 5.91 Å². The van der Waals surface area contributed by atoms with E-state index in [1.165, 1.54) is 11.8 Å². The summed E-state index contributed by atoms with van der Waals surface area (Å²) in [5.74, 6) is -0.395. The average molecular weight is 396 g/mol. The lowest BCUT2D eigenvalue weighted by molar-refractivity contribution is -0.121. The molecule has 28 heavy (non-hydrogen) atoms. The summed E-state index contributed by atoms with van der Waals surface area (Å²) in [7, 11) is 0. The fourth-order valence-corrected chi connectivity index (χ4v) is 4.07. The first-order valence-corrected chi connectivity index (χ1v) is 10.6. The first kappa shape index (κ1) is 20.2. The normalized spacial score (nSPS) is 17.3. The second-order valence-corrected chi connectivity index (χ2v) is 7.61. The number of anilines is 1. The van der Waals surface area contributed by atoms with Crippen molar-refractivity contribution < 1.29 is 9.59 Å². The predicted octanol–water partition coefficient (Wildman–Crippen LogP) is 3.26. The molecule has 1 heterocycles. The smallest absolute Gasteiger partial charge is 0.264 e. The van der Waals surface area contributed by atoms with Crippen molar-refractivity contribution in [2.75, 3.05) is 24.2 Å². The van der Waals surface area contributed by atoms with Crippen molar-refractivity contribution in [3.05, 3.63) is 59.0 Å². The maximum Gasteiger partial charge on any atom is 0.264 e. The van der Waals surface area contributed by atoms with Gasteiger partial charge in [-0.2, -0.15) is 0 Å². The lowest BCUT2D eigenvalue weighted by atomic mass is 9.96. The summed E-state index contributed by atoms with van der Waals surface area (Å²) in [6.07, 6.45) is 6.15. The zero-order valence-electron chi connectivity index (χ0n) is 15.9. The minimum Gasteiger partial charge on any atom is -0.369 e. The summed E-state index contributed by atoms with van der Waals surface area (Å²) in [4.78, 5) is 25.7. The number of amides is 2. The van der Waals surface area contributed by atoms with Crippen LogP contribution in [0.1, 0.15) is 18.4 Å². The van der Waals surface area contributed by atoms with Gasteiger partial charge in [0.05, 0.1) is 10.6 Å². The van der Waals surface area contributed by atoms with Gasteiger partial charge in [-0.25, -0.2) is 0 Å². The number of piperidine rings is 1. The second kappa shape index (κ2) is 9.57. The number of para-hydroxylation sites is 1. The van der Waals surface area contributed by atoms with Gasteiger partial charge in [0.25, 0.3) is 5.91 Å². The summed E-state index contributed by atoms with van der Waals surface area (Å²) < 4.78 is 0. The molecule has 2 aromatic rings. The number of carbonyl (C=O) groups is 2. The standard InChI is InChI=1S/C22H25N3O2S/c1-28-20(22(27)24-15-26)13-17-9-5-11-19(16-7-3-2-4-8-16)21(17)25-12-6-10-18(23)14-25/h2-5,7-9,11,13,15,18H,6,10,12,14,23H2,1H3,(H,24,26,27)/b20-13-. The SMILES string of the molecule is CS/C(=C\c1cccc(-c2ccccc2)c1N1CCCC(N)C1)C(=O)NC=O. The third-order valence-electron chi connectivity index (χ3n) is 4.85. The minimum absolute atomic E-state index is 0.132. The summed E-state index contributed by atoms with van der Waals surface area (Å²) in [5.41, 5.74) is 10.5. The summed E-state index contributed by atoms with van der Waals surface area (Å²) in [6, 6.07) is 16.5. The van der Waals surface area contributed by atoms with Crippen molar-refractivity contribution in [2.45, 2.75) is 18.9 Å². The Balaban J connectivity index is 2.14. The molecule has 2 aromatic carbocycles. The highest BCUT2D eigenvalue weighted by Crippen LogP contribution is 2.37. The number of nitrogens with one attached hydrogen (secondary N) is 1. The predicted molar refractivity (Wildman–Crippen MR) is 117 cm³/mol. The molecule has 1 aliphatic rings. The molecule has 3 rings (SSSR count). The zero-order chi connectivity index (χ0) is 19.9. The van der Waals surface area contributed by atoms with Gasteiger partial charge in [-0.05, 0) is 36.3 Å². The van der Waals surface area contributed by atoms with Crippen LogP contribution in [0.2, 0.25) is 0 Å². The van der Waals surface area contributed by atoms with Crippen LogP contribution in [0.4, 0.5) is 5.69 Å². The molecule has 1 atom stereocenters. The maximum absolute atomic E-state index is 12.2. The number of hydrogen-bond donors (Lipinski definition) is 2. The molecule has 5 nitrogen and oxygen atoms in total. The van der Waals surface area contributed by atoms with Gasteiger partial charge in [-0.1, -0.05) is 48.5 Å². The van der Waals surface area contributed by atoms with Crippen LogP contribution in [0.25, 0.3) is 17.2 Å². The van der Waals surface area contributed by atoms with Crippen molar-refractivity contribution in [1.29, 1.82) is 0 Å². The van der Waals surface area contributed by atoms with E-state index >= 15 is 0 Å². The van der Waals surface area contributed by atoms with E-state index in [-0.39, 0.29) is 6.04 Å². The van der Waals surface area contributed by atoms with Crippen LogP contribution in [0, 0.1) is 0 Å². The highest BCUT2D eigenvalue weighted by molar-refractivity contribution is 8.03. The lowest BCUT2D eigenvalue weighted by Gasteiger charge is -2.35. The highest BCUT2D eigenvalue weighted by atomic mass is 32.2. The summed E-state index contributed by atoms with van der Waals surface area (Å²) in [6.45, 7) is 1.70. The molecule has 1 aliphatic heterocycles. The molecule has 1 saturated heterocycles. The Bertz CT molecular complexity index is 867. The molecule has 0 spiro atoms. The Morgan fingerprint density at radius 2 is 2.00 bits per heavy atom. The number of hydrogen-bond acceptors (Lipinski definition) is 5. The summed E-state index contributed by atoms with van der Waals surface area (Å²) in [5, 5.41) is 2.23. The number of nitrogens with two attached hydrogens (primary N) is 1. The Hall–Kier alpha value is -2.57. The number of benzene rings is 2. The molecule has 3 N–H and O–H groups in total. The van der Waals surface area contributed by atoms with Gasteiger partial charge in [0.2, 0.25) is 6.41 Å². The van der Waals surface area contributed by atoms with Gasteiger partial charge in [-0.3, -0.25) is 14.9 Å². The number of nitrogens with zero attached hydrogens (tertiary/aromatic N) is 1. The quantitative estimate of drug-likeness (QED) is 0.580. The maximum atomic E-state index is 12.2. The molecule has 0 aliphatic carbocycles. The number of rotatable bonds is 6. The fourth-order valence-electron chi connectivity index (χ4n) is 3.58. The number of thioether (sulfide) groups is 1. The van der Waals surface area contributed by atoms with Crippen molar-refractivity contribution in [2.24, 2.45) is 5.73 Å². The molecule has 146 valence electrons. The minimum atomic E-state index is -0.395. The van der Waals surface area contributed by atoms with E-state index in [0.717, 1.165) is 48.3 Å². The molecular formula is C22H25N3O2S. The van der Waals surface area contributed by atoms with Gasteiger partial charge in [0.1, 0.15) is 0 Å². The van der Waals surface area contributed by atoms with E-state index in [0.29, 0.717) is 11.3 Å². The molecular weight excluding hydrogens is 370 g/mol. The Kier molecular flexibility index (Phi) is 6.90. The number of carbonyl (C=O) groups excluding carboxylic acids is 2. The van der Waals surface area contributed by atoms with Gasteiger partial charge in [0.15, 0.2) is 0 Å². The van der Waals surface area contributed by atoms with E-state index in [1.807, 2.05) is 42.7 Å². The number of imide groups is 1. The van der Waals surface area contributed by atoms with Crippen LogP contribution < -0.4 is 16.0 Å². The largest absolute Gasteiger partial charge is 0.369 e. The molecule has 0 saturated carbocycles. The first-order chi connectivity index (χ1) is 13.6. The van der Waals surface area contributed by atoms with Crippen LogP contribution in [-0.4, -0.2) is 37.7 Å². The lowest BCUT2D eigenvalue weighted by Crippen LogP contribution is -2.43. The molecule has 1 fully saturated rings. The Morgan fingerprint density at radius 3 is 2.68 bits per heavy atom. The van der Waals surface area contributed by atoms with Crippen LogP contribution in [-0.2, 0) is 9.59 Å². The van der Waals surface area contributed by atoms with Crippen LogP contribution in [0.5, 0.6) is 0 Å². The van der Waals surface area contributed by atoms with Crippen molar-refractivity contribution in [1.82, 2.24) is 5.32 Å². The van der Waals surface area contributed by atoms with Gasteiger partial charge in [-0.15, -0.1) is 11.8 Å². The molecule has 0 aromatic heterocycles. The van der Waals surface area contributed by atoms with E-state index in [2.05, 4.69) is 28.4 Å². The van der Waals surface area contributed by atoms with Crippen molar-refractivity contribution in [3.63, 3.8) is 0 Å². The van der Waals surface area contributed by atoms with Crippen molar-refractivity contribution >= 4 is 35.8 Å². The monoisotopic (exact) mass is 395 g/mol. The van der Waals surface area contributed by atoms with E-state index in [9.17, 15) is 9.59 Å². The first-order valence-electron chi connectivity index (χ1n) is 9.33. The third-order valence-corrected chi connectivity index (χ3v) is 5.59. The zero-order valence-corrected chi connectivity index (χ0v) is 16.7. The van der Waals surface area contributed by atoms with Crippen molar-refractivity contribution in [3.8, 4) is 11.1 Å². The Labute approximate surface area is 170 Å². The van der Waals surface area contributed by atoms with Gasteiger partial charge in [0, 0.05) is 24.7 Å². The molecule has 6 heteroatoms. The Morgan fingerprint density at radius 1 is 1.21 bits per heavy atom. The van der Waals surface area contributed by atoms with E-state index in [1.54, 1.807) is 0 Å². The average Bonchev–Trinajstić information content (AvgIpc) is 2.72. The van der Waals surface area contributed by atoms with E-state index in [4.69, 9.17) is 5.73 Å². The van der Waals surface area contributed by atoms with Crippen LogP contribution >= 0.6 is 11.8 Å². The topological polar surface area (TPSA) is 75.4 Å². The fraction of sp³-hybridized carbons (Fsp3) is 0.273. The highest BCUT2D eigenvalue weighted by Gasteiger charge is 2.22. The molecule has 1 unspecified atom stereocenters. The van der Waals surface area contributed by atoms with Gasteiger partial charge < -0.3 is 10.6 Å². The summed E-state index contributed by atoms with van der Waals surface area (Å²) >= 11 is 1.32. The second-order valence-electron chi connectivity index (χ2n) is 6.76. The van der Waals surface area contributed by atoms with Crippen LogP contribution in [0.3, 0.4) is 0 Å². The van der Waals surface area contributed by atoms with Crippen LogP contribution in [0.15, 0.2) is 53.4 Å². The molecule has 0 radical (unpaired) electrons. The third kappa shape index (κ3) is 4.64. The molecule has 0 bridgehead atoms.